The molecule has 0 aromatic carbocycles. The van der Waals surface area contributed by atoms with Gasteiger partial charge in [-0.1, -0.05) is 6.07 Å². The van der Waals surface area contributed by atoms with E-state index >= 15 is 0 Å². The summed E-state index contributed by atoms with van der Waals surface area (Å²) in [5.41, 5.74) is 1.14. The molecule has 1 unspecified atom stereocenters. The third-order valence-corrected chi connectivity index (χ3v) is 5.67. The van der Waals surface area contributed by atoms with Crippen molar-refractivity contribution in [3.63, 3.8) is 0 Å². The fraction of sp³-hybridized carbons (Fsp3) is 0.632. The number of piperidine rings is 2. The lowest BCUT2D eigenvalue weighted by Crippen LogP contribution is -2.42. The van der Waals surface area contributed by atoms with E-state index in [9.17, 15) is 9.59 Å². The molecule has 5 nitrogen and oxygen atoms in total. The van der Waals surface area contributed by atoms with E-state index in [-0.39, 0.29) is 23.7 Å². The molecule has 0 bridgehead atoms. The summed E-state index contributed by atoms with van der Waals surface area (Å²) in [7, 11) is 0. The smallest absolute Gasteiger partial charge is 0.237 e. The van der Waals surface area contributed by atoms with Crippen LogP contribution in [0.3, 0.4) is 0 Å². The molecule has 2 aliphatic heterocycles. The molecular formula is C19H26ClN3O2. The standard InChI is InChI=1S/C19H26ClN3O2/c20-13-19(25)22-10-6-15(7-11-22)12-18(24)23-9-2-1-5-17(23)16-4-3-8-21-14-16/h3-4,8,14-15,17H,1-2,5-7,9-13H2. The molecule has 0 spiro atoms. The number of hydrogen-bond donors (Lipinski definition) is 0. The maximum Gasteiger partial charge on any atom is 0.237 e. The van der Waals surface area contributed by atoms with E-state index in [1.807, 2.05) is 17.2 Å². The molecule has 3 rings (SSSR count). The van der Waals surface area contributed by atoms with Crippen molar-refractivity contribution >= 4 is 23.4 Å². The quantitative estimate of drug-likeness (QED) is 0.773. The Morgan fingerprint density at radius 3 is 2.60 bits per heavy atom. The molecule has 0 aliphatic carbocycles. The summed E-state index contributed by atoms with van der Waals surface area (Å²) < 4.78 is 0. The van der Waals surface area contributed by atoms with Crippen molar-refractivity contribution in [1.82, 2.24) is 14.8 Å². The van der Waals surface area contributed by atoms with Gasteiger partial charge in [0.1, 0.15) is 5.88 Å². The fourth-order valence-electron chi connectivity index (χ4n) is 3.98. The minimum Gasteiger partial charge on any atom is -0.342 e. The van der Waals surface area contributed by atoms with Crippen LogP contribution in [0, 0.1) is 5.92 Å². The van der Waals surface area contributed by atoms with Crippen LogP contribution in [-0.2, 0) is 9.59 Å². The lowest BCUT2D eigenvalue weighted by Gasteiger charge is -2.38. The number of amides is 2. The largest absolute Gasteiger partial charge is 0.342 e. The number of nitrogens with zero attached hydrogens (tertiary/aromatic N) is 3. The van der Waals surface area contributed by atoms with E-state index in [2.05, 4.69) is 16.0 Å². The van der Waals surface area contributed by atoms with Gasteiger partial charge in [0.2, 0.25) is 11.8 Å². The van der Waals surface area contributed by atoms with Crippen molar-refractivity contribution in [2.75, 3.05) is 25.5 Å². The summed E-state index contributed by atoms with van der Waals surface area (Å²) in [5.74, 6) is 0.655. The Morgan fingerprint density at radius 2 is 1.92 bits per heavy atom. The van der Waals surface area contributed by atoms with Gasteiger partial charge in [-0.15, -0.1) is 11.6 Å². The molecule has 3 heterocycles. The SMILES string of the molecule is O=C(CCl)N1CCC(CC(=O)N2CCCCC2c2cccnc2)CC1. The zero-order valence-electron chi connectivity index (χ0n) is 14.6. The van der Waals surface area contributed by atoms with Crippen LogP contribution in [0.2, 0.25) is 0 Å². The third-order valence-electron chi connectivity index (χ3n) is 5.44. The molecule has 0 saturated carbocycles. The highest BCUT2D eigenvalue weighted by Gasteiger charge is 2.31. The lowest BCUT2D eigenvalue weighted by molar-refractivity contribution is -0.136. The summed E-state index contributed by atoms with van der Waals surface area (Å²) in [4.78, 5) is 32.7. The molecule has 2 fully saturated rings. The zero-order chi connectivity index (χ0) is 17.6. The molecule has 1 aromatic heterocycles. The number of likely N-dealkylation sites (tertiary alicyclic amines) is 2. The molecule has 1 aromatic rings. The van der Waals surface area contributed by atoms with Crippen molar-refractivity contribution in [3.05, 3.63) is 30.1 Å². The van der Waals surface area contributed by atoms with Crippen LogP contribution in [0.4, 0.5) is 0 Å². The van der Waals surface area contributed by atoms with Crippen LogP contribution in [0.1, 0.15) is 50.1 Å². The Hall–Kier alpha value is -1.62. The summed E-state index contributed by atoms with van der Waals surface area (Å²) in [5, 5.41) is 0. The normalized spacial score (nSPS) is 22.0. The van der Waals surface area contributed by atoms with Crippen molar-refractivity contribution in [2.24, 2.45) is 5.92 Å². The van der Waals surface area contributed by atoms with E-state index in [1.165, 1.54) is 0 Å². The van der Waals surface area contributed by atoms with E-state index < -0.39 is 0 Å². The molecule has 6 heteroatoms. The number of hydrogen-bond acceptors (Lipinski definition) is 3. The fourth-order valence-corrected chi connectivity index (χ4v) is 4.15. The highest BCUT2D eigenvalue weighted by atomic mass is 35.5. The Morgan fingerprint density at radius 1 is 1.12 bits per heavy atom. The van der Waals surface area contributed by atoms with Gasteiger partial charge in [-0.05, 0) is 49.7 Å². The minimum absolute atomic E-state index is 0.000819. The number of carbonyl (C=O) groups is 2. The van der Waals surface area contributed by atoms with Gasteiger partial charge in [0, 0.05) is 38.4 Å². The molecule has 1 atom stereocenters. The Kier molecular flexibility index (Phi) is 6.29. The molecule has 25 heavy (non-hydrogen) atoms. The first-order chi connectivity index (χ1) is 12.2. The van der Waals surface area contributed by atoms with Gasteiger partial charge >= 0.3 is 0 Å². The van der Waals surface area contributed by atoms with E-state index in [1.54, 1.807) is 6.20 Å². The van der Waals surface area contributed by atoms with Gasteiger partial charge in [0.05, 0.1) is 6.04 Å². The Bertz CT molecular complexity index is 588. The van der Waals surface area contributed by atoms with Crippen LogP contribution in [0.5, 0.6) is 0 Å². The van der Waals surface area contributed by atoms with Crippen LogP contribution in [-0.4, -0.2) is 52.1 Å². The second kappa shape index (κ2) is 8.65. The number of pyridine rings is 1. The van der Waals surface area contributed by atoms with Gasteiger partial charge in [-0.25, -0.2) is 0 Å². The lowest BCUT2D eigenvalue weighted by atomic mass is 9.91. The second-order valence-electron chi connectivity index (χ2n) is 7.05. The Labute approximate surface area is 154 Å². The van der Waals surface area contributed by atoms with Gasteiger partial charge in [0.15, 0.2) is 0 Å². The number of alkyl halides is 1. The third kappa shape index (κ3) is 4.51. The molecule has 136 valence electrons. The highest BCUT2D eigenvalue weighted by Crippen LogP contribution is 2.32. The maximum absolute atomic E-state index is 12.9. The predicted molar refractivity (Wildman–Crippen MR) is 97.2 cm³/mol. The molecule has 2 aliphatic rings. The Balaban J connectivity index is 1.57. The van der Waals surface area contributed by atoms with Crippen LogP contribution < -0.4 is 0 Å². The van der Waals surface area contributed by atoms with Crippen LogP contribution in [0.25, 0.3) is 0 Å². The first-order valence-electron chi connectivity index (χ1n) is 9.22. The van der Waals surface area contributed by atoms with E-state index in [4.69, 9.17) is 11.6 Å². The van der Waals surface area contributed by atoms with Crippen LogP contribution in [0.15, 0.2) is 24.5 Å². The predicted octanol–water partition coefficient (Wildman–Crippen LogP) is 3.00. The van der Waals surface area contributed by atoms with Crippen molar-refractivity contribution in [1.29, 1.82) is 0 Å². The topological polar surface area (TPSA) is 53.5 Å². The van der Waals surface area contributed by atoms with Crippen molar-refractivity contribution < 1.29 is 9.59 Å². The number of aromatic nitrogens is 1. The van der Waals surface area contributed by atoms with E-state index in [0.717, 1.165) is 57.3 Å². The van der Waals surface area contributed by atoms with Crippen molar-refractivity contribution in [3.8, 4) is 0 Å². The average molecular weight is 364 g/mol. The number of rotatable bonds is 4. The zero-order valence-corrected chi connectivity index (χ0v) is 15.3. The van der Waals surface area contributed by atoms with Gasteiger partial charge in [0.25, 0.3) is 0 Å². The molecule has 0 radical (unpaired) electrons. The van der Waals surface area contributed by atoms with Crippen molar-refractivity contribution in [2.45, 2.75) is 44.6 Å². The van der Waals surface area contributed by atoms with Crippen LogP contribution >= 0.6 is 11.6 Å². The molecule has 2 amide bonds. The van der Waals surface area contributed by atoms with Gasteiger partial charge < -0.3 is 9.80 Å². The summed E-state index contributed by atoms with van der Waals surface area (Å²) in [6, 6.07) is 4.17. The van der Waals surface area contributed by atoms with E-state index in [0.29, 0.717) is 12.3 Å². The van der Waals surface area contributed by atoms with Gasteiger partial charge in [-0.2, -0.15) is 0 Å². The average Bonchev–Trinajstić information content (AvgIpc) is 2.68. The molecular weight excluding hydrogens is 338 g/mol. The number of halogens is 1. The van der Waals surface area contributed by atoms with Gasteiger partial charge in [-0.3, -0.25) is 14.6 Å². The second-order valence-corrected chi connectivity index (χ2v) is 7.31. The first-order valence-corrected chi connectivity index (χ1v) is 9.75. The summed E-state index contributed by atoms with van der Waals surface area (Å²) in [6.45, 7) is 2.27. The molecule has 0 N–H and O–H groups in total. The summed E-state index contributed by atoms with van der Waals surface area (Å²) in [6.07, 6.45) is 9.26. The number of carbonyl (C=O) groups excluding carboxylic acids is 2. The highest BCUT2D eigenvalue weighted by molar-refractivity contribution is 6.27. The minimum atomic E-state index is -0.000819. The first kappa shape index (κ1) is 18.2. The monoisotopic (exact) mass is 363 g/mol. The summed E-state index contributed by atoms with van der Waals surface area (Å²) >= 11 is 5.62. The maximum atomic E-state index is 12.9. The molecule has 2 saturated heterocycles.